The lowest BCUT2D eigenvalue weighted by molar-refractivity contribution is -0.109. The van der Waals surface area contributed by atoms with Crippen LogP contribution < -0.4 is 0 Å². The van der Waals surface area contributed by atoms with Crippen LogP contribution >= 0.6 is 0 Å². The van der Waals surface area contributed by atoms with E-state index in [2.05, 4.69) is 55.2 Å². The topological polar surface area (TPSA) is 28.3 Å². The predicted octanol–water partition coefficient (Wildman–Crippen LogP) is 3.83. The molecule has 0 bridgehead atoms. The monoisotopic (exact) mass is 298 g/mol. The van der Waals surface area contributed by atoms with Crippen LogP contribution in [0, 0.1) is 0 Å². The minimum Gasteiger partial charge on any atom is -0.368 e. The second-order valence-electron chi connectivity index (χ2n) is 7.51. The number of hydrogen-bond acceptors (Lipinski definition) is 2. The van der Waals surface area contributed by atoms with Gasteiger partial charge in [0.05, 0.1) is 12.3 Å². The highest BCUT2D eigenvalue weighted by Gasteiger charge is 2.46. The SMILES string of the molecule is CN(C)C1(C)CCC2(CC1)OCCc1c2[nH]c2ccccc12. The quantitative estimate of drug-likeness (QED) is 0.866. The molecule has 0 unspecified atom stereocenters. The molecular weight excluding hydrogens is 272 g/mol. The Labute approximate surface area is 132 Å². The molecule has 2 heterocycles. The minimum absolute atomic E-state index is 0.0812. The van der Waals surface area contributed by atoms with Gasteiger partial charge in [0.1, 0.15) is 5.60 Å². The summed E-state index contributed by atoms with van der Waals surface area (Å²) in [5.41, 5.74) is 4.34. The summed E-state index contributed by atoms with van der Waals surface area (Å²) < 4.78 is 6.39. The molecule has 1 aromatic carbocycles. The Balaban J connectivity index is 1.74. The average Bonchev–Trinajstić information content (AvgIpc) is 2.91. The number of para-hydroxylation sites is 1. The van der Waals surface area contributed by atoms with Crippen molar-refractivity contribution in [1.82, 2.24) is 9.88 Å². The highest BCUT2D eigenvalue weighted by molar-refractivity contribution is 5.85. The van der Waals surface area contributed by atoms with Crippen molar-refractivity contribution in [3.05, 3.63) is 35.5 Å². The number of benzene rings is 1. The van der Waals surface area contributed by atoms with E-state index in [1.807, 2.05) is 0 Å². The molecule has 3 nitrogen and oxygen atoms in total. The molecule has 1 aliphatic carbocycles. The van der Waals surface area contributed by atoms with E-state index in [0.29, 0.717) is 5.54 Å². The van der Waals surface area contributed by atoms with Crippen molar-refractivity contribution in [2.45, 2.75) is 50.2 Å². The Kier molecular flexibility index (Phi) is 3.14. The summed E-state index contributed by atoms with van der Waals surface area (Å²) in [6, 6.07) is 8.69. The van der Waals surface area contributed by atoms with Crippen molar-refractivity contribution in [3.63, 3.8) is 0 Å². The Morgan fingerprint density at radius 3 is 2.55 bits per heavy atom. The molecule has 1 spiro atoms. The lowest BCUT2D eigenvalue weighted by Gasteiger charge is -2.49. The van der Waals surface area contributed by atoms with E-state index in [4.69, 9.17) is 4.74 Å². The molecule has 0 saturated heterocycles. The van der Waals surface area contributed by atoms with Gasteiger partial charge in [-0.15, -0.1) is 0 Å². The van der Waals surface area contributed by atoms with Crippen molar-refractivity contribution in [1.29, 1.82) is 0 Å². The molecule has 4 rings (SSSR count). The number of aromatic nitrogens is 1. The van der Waals surface area contributed by atoms with E-state index < -0.39 is 0 Å². The number of ether oxygens (including phenoxy) is 1. The van der Waals surface area contributed by atoms with Crippen molar-refractivity contribution in [3.8, 4) is 0 Å². The van der Waals surface area contributed by atoms with Crippen molar-refractivity contribution in [2.24, 2.45) is 0 Å². The molecular formula is C19H26N2O. The van der Waals surface area contributed by atoms with Crippen LogP contribution in [0.3, 0.4) is 0 Å². The number of rotatable bonds is 1. The first-order chi connectivity index (χ1) is 10.5. The molecule has 0 atom stereocenters. The number of fused-ring (bicyclic) bond motifs is 4. The smallest absolute Gasteiger partial charge is 0.108 e. The van der Waals surface area contributed by atoms with E-state index in [1.54, 1.807) is 0 Å². The molecule has 1 aromatic heterocycles. The summed E-state index contributed by atoms with van der Waals surface area (Å²) in [4.78, 5) is 6.08. The molecule has 2 aliphatic rings. The second-order valence-corrected chi connectivity index (χ2v) is 7.51. The third-order valence-electron chi connectivity index (χ3n) is 6.21. The van der Waals surface area contributed by atoms with Crippen molar-refractivity contribution < 1.29 is 4.74 Å². The van der Waals surface area contributed by atoms with E-state index in [0.717, 1.165) is 25.9 Å². The summed E-state index contributed by atoms with van der Waals surface area (Å²) in [5.74, 6) is 0. The number of nitrogens with zero attached hydrogens (tertiary/aromatic N) is 1. The first kappa shape index (κ1) is 14.3. The van der Waals surface area contributed by atoms with Crippen LogP contribution in [0.5, 0.6) is 0 Å². The van der Waals surface area contributed by atoms with Crippen LogP contribution in [-0.2, 0) is 16.8 Å². The van der Waals surface area contributed by atoms with E-state index in [-0.39, 0.29) is 5.60 Å². The zero-order valence-corrected chi connectivity index (χ0v) is 13.9. The molecule has 3 heteroatoms. The van der Waals surface area contributed by atoms with Crippen LogP contribution in [0.2, 0.25) is 0 Å². The van der Waals surface area contributed by atoms with Crippen molar-refractivity contribution >= 4 is 10.9 Å². The Bertz CT molecular complexity index is 693. The van der Waals surface area contributed by atoms with E-state index in [9.17, 15) is 0 Å². The van der Waals surface area contributed by atoms with Gasteiger partial charge in [0.25, 0.3) is 0 Å². The zero-order valence-electron chi connectivity index (χ0n) is 13.9. The summed E-state index contributed by atoms with van der Waals surface area (Å²) in [7, 11) is 4.40. The molecule has 1 fully saturated rings. The first-order valence-corrected chi connectivity index (χ1v) is 8.46. The van der Waals surface area contributed by atoms with Gasteiger partial charge in [0, 0.05) is 16.4 Å². The van der Waals surface area contributed by atoms with E-state index >= 15 is 0 Å². The highest BCUT2D eigenvalue weighted by Crippen LogP contribution is 2.49. The molecule has 1 aliphatic heterocycles. The summed E-state index contributed by atoms with van der Waals surface area (Å²) in [6.07, 6.45) is 5.64. The predicted molar refractivity (Wildman–Crippen MR) is 90.2 cm³/mol. The molecule has 2 aromatic rings. The van der Waals surface area contributed by atoms with Gasteiger partial charge < -0.3 is 14.6 Å². The number of aromatic amines is 1. The second kappa shape index (κ2) is 4.84. The van der Waals surface area contributed by atoms with E-state index in [1.165, 1.54) is 35.0 Å². The molecule has 118 valence electrons. The normalized spacial score (nSPS) is 31.8. The summed E-state index contributed by atoms with van der Waals surface area (Å²) >= 11 is 0. The fourth-order valence-electron chi connectivity index (χ4n) is 4.30. The lowest BCUT2D eigenvalue weighted by Crippen LogP contribution is -2.50. The Hall–Kier alpha value is -1.32. The largest absolute Gasteiger partial charge is 0.368 e. The van der Waals surface area contributed by atoms with Gasteiger partial charge in [-0.1, -0.05) is 18.2 Å². The first-order valence-electron chi connectivity index (χ1n) is 8.46. The van der Waals surface area contributed by atoms with Gasteiger partial charge in [-0.25, -0.2) is 0 Å². The van der Waals surface area contributed by atoms with Crippen LogP contribution in [0.15, 0.2) is 24.3 Å². The maximum Gasteiger partial charge on any atom is 0.108 e. The summed E-state index contributed by atoms with van der Waals surface area (Å²) in [6.45, 7) is 3.24. The molecule has 1 N–H and O–H groups in total. The maximum atomic E-state index is 6.39. The van der Waals surface area contributed by atoms with Crippen LogP contribution in [0.25, 0.3) is 10.9 Å². The van der Waals surface area contributed by atoms with Gasteiger partial charge in [-0.3, -0.25) is 0 Å². The third kappa shape index (κ3) is 1.95. The molecule has 0 amide bonds. The Morgan fingerprint density at radius 1 is 1.09 bits per heavy atom. The lowest BCUT2D eigenvalue weighted by atomic mass is 9.71. The van der Waals surface area contributed by atoms with Gasteiger partial charge >= 0.3 is 0 Å². The number of nitrogens with one attached hydrogen (secondary N) is 1. The molecule has 0 radical (unpaired) electrons. The fourth-order valence-corrected chi connectivity index (χ4v) is 4.30. The third-order valence-corrected chi connectivity index (χ3v) is 6.21. The summed E-state index contributed by atoms with van der Waals surface area (Å²) in [5, 5.41) is 1.39. The van der Waals surface area contributed by atoms with Gasteiger partial charge in [-0.2, -0.15) is 0 Å². The zero-order chi connectivity index (χ0) is 15.4. The van der Waals surface area contributed by atoms with Gasteiger partial charge in [0.2, 0.25) is 0 Å². The van der Waals surface area contributed by atoms with Crippen LogP contribution in [0.1, 0.15) is 43.9 Å². The molecule has 22 heavy (non-hydrogen) atoms. The number of hydrogen-bond donors (Lipinski definition) is 1. The maximum absolute atomic E-state index is 6.39. The average molecular weight is 298 g/mol. The van der Waals surface area contributed by atoms with Gasteiger partial charge in [-0.05, 0) is 64.8 Å². The minimum atomic E-state index is -0.0812. The van der Waals surface area contributed by atoms with Crippen molar-refractivity contribution in [2.75, 3.05) is 20.7 Å². The number of H-pyrrole nitrogens is 1. The fraction of sp³-hybridized carbons (Fsp3) is 0.579. The Morgan fingerprint density at radius 2 is 1.82 bits per heavy atom. The standard InChI is InChI=1S/C19H26N2O/c1-18(21(2)3)9-11-19(12-10-18)17-15(8-13-22-19)14-6-4-5-7-16(14)20-17/h4-7,20H,8-13H2,1-3H3. The molecule has 1 saturated carbocycles. The van der Waals surface area contributed by atoms with Crippen LogP contribution in [0.4, 0.5) is 0 Å². The highest BCUT2D eigenvalue weighted by atomic mass is 16.5. The van der Waals surface area contributed by atoms with Crippen LogP contribution in [-0.4, -0.2) is 36.1 Å². The van der Waals surface area contributed by atoms with Gasteiger partial charge in [0.15, 0.2) is 0 Å².